The number of hydrazine groups is 1. The van der Waals surface area contributed by atoms with E-state index >= 15 is 0 Å². The van der Waals surface area contributed by atoms with Crippen molar-refractivity contribution in [2.45, 2.75) is 12.5 Å². The number of carbonyl (C=O) groups excluding carboxylic acids is 1. The van der Waals surface area contributed by atoms with Crippen LogP contribution in [-0.2, 0) is 4.79 Å². The largest absolute Gasteiger partial charge is 0.381 e. The van der Waals surface area contributed by atoms with Crippen LogP contribution in [0.25, 0.3) is 22.0 Å². The van der Waals surface area contributed by atoms with Gasteiger partial charge in [0.25, 0.3) is 5.91 Å². The van der Waals surface area contributed by atoms with Crippen LogP contribution in [0, 0.1) is 0 Å². The summed E-state index contributed by atoms with van der Waals surface area (Å²) in [5.74, 6) is 6.08. The van der Waals surface area contributed by atoms with Gasteiger partial charge < -0.3 is 15.5 Å². The lowest BCUT2D eigenvalue weighted by molar-refractivity contribution is -0.114. The third kappa shape index (κ3) is 5.05. The Balaban J connectivity index is 1.39. The molecule has 1 atom stereocenters. The average Bonchev–Trinajstić information content (AvgIpc) is 3.32. The van der Waals surface area contributed by atoms with E-state index in [0.717, 1.165) is 57.9 Å². The number of benzene rings is 3. The van der Waals surface area contributed by atoms with Crippen molar-refractivity contribution in [3.63, 3.8) is 0 Å². The maximum atomic E-state index is 12.0. The molecular formula is C28H29N7O. The van der Waals surface area contributed by atoms with Crippen LogP contribution in [0.4, 0.5) is 23.0 Å². The Hall–Kier alpha value is -4.27. The average molecular weight is 480 g/mol. The summed E-state index contributed by atoms with van der Waals surface area (Å²) in [6, 6.07) is 22.1. The summed E-state index contributed by atoms with van der Waals surface area (Å²) >= 11 is 0. The highest BCUT2D eigenvalue weighted by molar-refractivity contribution is 6.01. The fourth-order valence-electron chi connectivity index (χ4n) is 4.47. The molecule has 0 bridgehead atoms. The number of anilines is 4. The fraction of sp³-hybridized carbons (Fsp3) is 0.179. The van der Waals surface area contributed by atoms with E-state index in [0.29, 0.717) is 17.7 Å². The van der Waals surface area contributed by atoms with Crippen molar-refractivity contribution >= 4 is 39.8 Å². The van der Waals surface area contributed by atoms with E-state index in [2.05, 4.69) is 46.3 Å². The molecule has 0 spiro atoms. The first-order valence-electron chi connectivity index (χ1n) is 11.9. The Morgan fingerprint density at radius 3 is 2.67 bits per heavy atom. The highest BCUT2D eigenvalue weighted by Crippen LogP contribution is 2.30. The summed E-state index contributed by atoms with van der Waals surface area (Å²) in [6.07, 6.45) is 4.15. The number of rotatable bonds is 7. The van der Waals surface area contributed by atoms with Gasteiger partial charge >= 0.3 is 0 Å². The summed E-state index contributed by atoms with van der Waals surface area (Å²) in [4.78, 5) is 23.6. The molecule has 2 heterocycles. The molecule has 0 saturated carbocycles. The number of nitrogens with two attached hydrogens (primary N) is 1. The molecule has 8 heteroatoms. The Labute approximate surface area is 210 Å². The van der Waals surface area contributed by atoms with E-state index < -0.39 is 0 Å². The molecule has 1 unspecified atom stereocenters. The second-order valence-corrected chi connectivity index (χ2v) is 8.99. The minimum absolute atomic E-state index is 0.379. The number of likely N-dealkylation sites (tertiary alicyclic amines) is 1. The smallest absolute Gasteiger partial charge is 0.264 e. The number of nitrogens with zero attached hydrogens (tertiary/aromatic N) is 4. The molecule has 1 aromatic heterocycles. The first-order valence-corrected chi connectivity index (χ1v) is 11.9. The second-order valence-electron chi connectivity index (χ2n) is 8.99. The lowest BCUT2D eigenvalue weighted by atomic mass is 10.0. The molecule has 8 nitrogen and oxygen atoms in total. The van der Waals surface area contributed by atoms with E-state index in [1.165, 1.54) is 6.08 Å². The van der Waals surface area contributed by atoms with E-state index in [9.17, 15) is 4.79 Å². The number of para-hydroxylation sites is 1. The number of hydrogen-bond acceptors (Lipinski definition) is 7. The van der Waals surface area contributed by atoms with E-state index in [1.807, 2.05) is 48.5 Å². The Morgan fingerprint density at radius 1 is 1.14 bits per heavy atom. The second kappa shape index (κ2) is 10.2. The van der Waals surface area contributed by atoms with Crippen molar-refractivity contribution in [3.8, 4) is 11.1 Å². The summed E-state index contributed by atoms with van der Waals surface area (Å²) < 4.78 is 0. The van der Waals surface area contributed by atoms with Gasteiger partial charge in [-0.15, -0.1) is 0 Å². The lowest BCUT2D eigenvalue weighted by Crippen LogP contribution is -2.35. The summed E-state index contributed by atoms with van der Waals surface area (Å²) in [6.45, 7) is 5.69. The molecule has 182 valence electrons. The molecular weight excluding hydrogens is 450 g/mol. The third-order valence-electron chi connectivity index (χ3n) is 6.36. The van der Waals surface area contributed by atoms with Crippen molar-refractivity contribution in [2.24, 2.45) is 5.84 Å². The van der Waals surface area contributed by atoms with Crippen molar-refractivity contribution in [2.75, 3.05) is 35.8 Å². The summed E-state index contributed by atoms with van der Waals surface area (Å²) in [5.41, 5.74) is 5.19. The van der Waals surface area contributed by atoms with Gasteiger partial charge in [-0.1, -0.05) is 36.9 Å². The highest BCUT2D eigenvalue weighted by atomic mass is 16.2. The molecule has 36 heavy (non-hydrogen) atoms. The van der Waals surface area contributed by atoms with Gasteiger partial charge in [-0.05, 0) is 68.1 Å². The SMILES string of the molecule is C=CC(=O)N(N)c1cccc(-c2cccc3cnc(Nc4ccc(NC5CCN(C)C5)cc4)nc23)c1. The third-order valence-corrected chi connectivity index (χ3v) is 6.36. The van der Waals surface area contributed by atoms with Crippen LogP contribution >= 0.6 is 0 Å². The molecule has 3 aromatic carbocycles. The Kier molecular flexibility index (Phi) is 6.62. The molecule has 1 aliphatic rings. The van der Waals surface area contributed by atoms with Gasteiger partial charge in [0, 0.05) is 41.1 Å². The van der Waals surface area contributed by atoms with Crippen molar-refractivity contribution < 1.29 is 4.79 Å². The quantitative estimate of drug-likeness (QED) is 0.155. The lowest BCUT2D eigenvalue weighted by Gasteiger charge is -2.16. The summed E-state index contributed by atoms with van der Waals surface area (Å²) in [5, 5.41) is 8.90. The van der Waals surface area contributed by atoms with Gasteiger partial charge in [-0.2, -0.15) is 0 Å². The van der Waals surface area contributed by atoms with Gasteiger partial charge in [-0.25, -0.2) is 20.8 Å². The van der Waals surface area contributed by atoms with Gasteiger partial charge in [-0.3, -0.25) is 4.79 Å². The number of likely N-dealkylation sites (N-methyl/N-ethyl adjacent to an activating group) is 1. The number of carbonyl (C=O) groups is 1. The first-order chi connectivity index (χ1) is 17.5. The summed E-state index contributed by atoms with van der Waals surface area (Å²) in [7, 11) is 2.15. The van der Waals surface area contributed by atoms with Crippen LogP contribution in [0.3, 0.4) is 0 Å². The van der Waals surface area contributed by atoms with Crippen LogP contribution in [0.2, 0.25) is 0 Å². The minimum Gasteiger partial charge on any atom is -0.381 e. The van der Waals surface area contributed by atoms with Gasteiger partial charge in [0.1, 0.15) is 0 Å². The minimum atomic E-state index is -0.379. The number of nitrogens with one attached hydrogen (secondary N) is 2. The normalized spacial score (nSPS) is 15.6. The molecule has 1 amide bonds. The number of hydrogen-bond donors (Lipinski definition) is 3. The molecule has 1 aliphatic heterocycles. The van der Waals surface area contributed by atoms with Crippen LogP contribution in [0.5, 0.6) is 0 Å². The van der Waals surface area contributed by atoms with Crippen molar-refractivity contribution in [3.05, 3.63) is 85.6 Å². The number of fused-ring (bicyclic) bond motifs is 1. The zero-order valence-corrected chi connectivity index (χ0v) is 20.2. The molecule has 1 fully saturated rings. The van der Waals surface area contributed by atoms with Gasteiger partial charge in [0.15, 0.2) is 0 Å². The number of amides is 1. The maximum Gasteiger partial charge on any atom is 0.264 e. The van der Waals surface area contributed by atoms with Crippen molar-refractivity contribution in [1.82, 2.24) is 14.9 Å². The van der Waals surface area contributed by atoms with Crippen LogP contribution < -0.4 is 21.5 Å². The standard InChI is InChI=1S/C28H29N7O/c1-3-26(36)35(29)24-8-4-6-19(16-24)25-9-5-7-20-17-30-28(33-27(20)25)32-22-12-10-21(11-13-22)31-23-14-15-34(2)18-23/h3-13,16-17,23,31H,1,14-15,18,29H2,2H3,(H,30,32,33). The topological polar surface area (TPSA) is 99.4 Å². The number of aromatic nitrogens is 2. The predicted octanol–water partition coefficient (Wildman–Crippen LogP) is 4.55. The first kappa shape index (κ1) is 23.5. The molecule has 4 N–H and O–H groups in total. The predicted molar refractivity (Wildman–Crippen MR) is 146 cm³/mol. The van der Waals surface area contributed by atoms with Crippen LogP contribution in [0.15, 0.2) is 85.6 Å². The highest BCUT2D eigenvalue weighted by Gasteiger charge is 2.18. The Morgan fingerprint density at radius 2 is 1.92 bits per heavy atom. The fourth-order valence-corrected chi connectivity index (χ4v) is 4.47. The van der Waals surface area contributed by atoms with Crippen LogP contribution in [-0.4, -0.2) is 47.0 Å². The molecule has 1 saturated heterocycles. The van der Waals surface area contributed by atoms with Crippen LogP contribution in [0.1, 0.15) is 6.42 Å². The zero-order chi connectivity index (χ0) is 25.1. The maximum absolute atomic E-state index is 12.0. The molecule has 4 aromatic rings. The zero-order valence-electron chi connectivity index (χ0n) is 20.2. The van der Waals surface area contributed by atoms with Crippen molar-refractivity contribution in [1.29, 1.82) is 0 Å². The molecule has 5 rings (SSSR count). The Bertz CT molecular complexity index is 1400. The monoisotopic (exact) mass is 479 g/mol. The molecule has 0 radical (unpaired) electrons. The molecule has 0 aliphatic carbocycles. The van der Waals surface area contributed by atoms with Gasteiger partial charge in [0.2, 0.25) is 5.95 Å². The van der Waals surface area contributed by atoms with Gasteiger partial charge in [0.05, 0.1) is 11.2 Å². The van der Waals surface area contributed by atoms with E-state index in [1.54, 1.807) is 12.3 Å². The van der Waals surface area contributed by atoms with E-state index in [-0.39, 0.29) is 5.91 Å². The van der Waals surface area contributed by atoms with E-state index in [4.69, 9.17) is 10.8 Å².